The lowest BCUT2D eigenvalue weighted by Crippen LogP contribution is -2.32. The minimum absolute atomic E-state index is 0. The Bertz CT molecular complexity index is 444. The standard InChI is InChI=1S/C10H14NO5P.ClH/c11-9(10(12)13)5-7-1-3-8(4-2-7)6-17(14,15)16;/h1-4,9H,5-6,11H2,(H,12,13)(H2,14,15,16);1H. The van der Waals surface area contributed by atoms with Crippen LogP contribution in [-0.2, 0) is 21.9 Å². The normalized spacial score (nSPS) is 12.6. The van der Waals surface area contributed by atoms with Gasteiger partial charge in [-0.05, 0) is 17.5 Å². The lowest BCUT2D eigenvalue weighted by Gasteiger charge is -2.08. The molecule has 0 aromatic heterocycles. The van der Waals surface area contributed by atoms with E-state index < -0.39 is 19.6 Å². The van der Waals surface area contributed by atoms with Crippen LogP contribution in [0.1, 0.15) is 11.1 Å². The van der Waals surface area contributed by atoms with Gasteiger partial charge in [0, 0.05) is 0 Å². The number of rotatable bonds is 5. The minimum atomic E-state index is -4.06. The predicted molar refractivity (Wildman–Crippen MR) is 68.8 cm³/mol. The maximum atomic E-state index is 10.7. The highest BCUT2D eigenvalue weighted by Crippen LogP contribution is 2.38. The Morgan fingerprint density at radius 1 is 1.22 bits per heavy atom. The maximum absolute atomic E-state index is 10.7. The van der Waals surface area contributed by atoms with Crippen molar-refractivity contribution in [1.29, 1.82) is 0 Å². The molecular weight excluding hydrogens is 281 g/mol. The van der Waals surface area contributed by atoms with Crippen LogP contribution in [0.2, 0.25) is 0 Å². The average molecular weight is 296 g/mol. The van der Waals surface area contributed by atoms with E-state index in [9.17, 15) is 9.36 Å². The van der Waals surface area contributed by atoms with Crippen LogP contribution in [0.5, 0.6) is 0 Å². The molecule has 0 aliphatic carbocycles. The van der Waals surface area contributed by atoms with Gasteiger partial charge in [0.25, 0.3) is 0 Å². The summed E-state index contributed by atoms with van der Waals surface area (Å²) in [4.78, 5) is 28.1. The van der Waals surface area contributed by atoms with Crippen molar-refractivity contribution in [3.63, 3.8) is 0 Å². The topological polar surface area (TPSA) is 121 Å². The molecule has 0 amide bonds. The van der Waals surface area contributed by atoms with E-state index in [2.05, 4.69) is 0 Å². The molecule has 0 fully saturated rings. The Balaban J connectivity index is 0.00000289. The molecular formula is C10H15ClNO5P. The number of hydrogen-bond acceptors (Lipinski definition) is 3. The van der Waals surface area contributed by atoms with Crippen LogP contribution >= 0.6 is 20.0 Å². The van der Waals surface area contributed by atoms with Gasteiger partial charge in [-0.25, -0.2) is 0 Å². The Labute approximate surface area is 110 Å². The van der Waals surface area contributed by atoms with E-state index in [1.54, 1.807) is 24.3 Å². The Morgan fingerprint density at radius 2 is 1.67 bits per heavy atom. The quantitative estimate of drug-likeness (QED) is 0.595. The lowest BCUT2D eigenvalue weighted by atomic mass is 10.1. The van der Waals surface area contributed by atoms with Gasteiger partial charge in [-0.2, -0.15) is 0 Å². The van der Waals surface area contributed by atoms with Gasteiger partial charge in [-0.3, -0.25) is 9.36 Å². The third kappa shape index (κ3) is 6.14. The Kier molecular flexibility index (Phi) is 6.52. The zero-order valence-electron chi connectivity index (χ0n) is 9.39. The second kappa shape index (κ2) is 6.87. The summed E-state index contributed by atoms with van der Waals surface area (Å²) in [5.41, 5.74) is 6.59. The molecule has 0 saturated heterocycles. The zero-order chi connectivity index (χ0) is 13.1. The monoisotopic (exact) mass is 295 g/mol. The number of halogens is 1. The molecule has 8 heteroatoms. The lowest BCUT2D eigenvalue weighted by molar-refractivity contribution is -0.138. The van der Waals surface area contributed by atoms with E-state index >= 15 is 0 Å². The van der Waals surface area contributed by atoms with Gasteiger partial charge in [0.15, 0.2) is 0 Å². The van der Waals surface area contributed by atoms with E-state index in [-0.39, 0.29) is 25.0 Å². The highest BCUT2D eigenvalue weighted by Gasteiger charge is 2.15. The first-order chi connectivity index (χ1) is 7.78. The fraction of sp³-hybridized carbons (Fsp3) is 0.300. The van der Waals surface area contributed by atoms with Crippen molar-refractivity contribution in [2.75, 3.05) is 0 Å². The second-order valence-corrected chi connectivity index (χ2v) is 5.43. The molecule has 1 aromatic carbocycles. The average Bonchev–Trinajstić information content (AvgIpc) is 2.18. The van der Waals surface area contributed by atoms with Crippen molar-refractivity contribution in [2.45, 2.75) is 18.6 Å². The van der Waals surface area contributed by atoms with Gasteiger partial charge in [0.1, 0.15) is 6.04 Å². The van der Waals surface area contributed by atoms with Crippen LogP contribution in [-0.4, -0.2) is 26.9 Å². The van der Waals surface area contributed by atoms with Crippen molar-refractivity contribution in [3.8, 4) is 0 Å². The fourth-order valence-corrected chi connectivity index (χ4v) is 2.05. The van der Waals surface area contributed by atoms with Gasteiger partial charge in [-0.1, -0.05) is 24.3 Å². The van der Waals surface area contributed by atoms with Crippen LogP contribution in [0.15, 0.2) is 24.3 Å². The van der Waals surface area contributed by atoms with E-state index in [4.69, 9.17) is 20.6 Å². The summed E-state index contributed by atoms with van der Waals surface area (Å²) >= 11 is 0. The van der Waals surface area contributed by atoms with Crippen molar-refractivity contribution < 1.29 is 24.3 Å². The SMILES string of the molecule is Cl.NC(Cc1ccc(CP(=O)(O)O)cc1)C(=O)O. The fourth-order valence-electron chi connectivity index (χ4n) is 1.36. The number of hydrogen-bond donors (Lipinski definition) is 4. The molecule has 0 aliphatic heterocycles. The van der Waals surface area contributed by atoms with Gasteiger partial charge in [-0.15, -0.1) is 12.4 Å². The van der Waals surface area contributed by atoms with Crippen molar-refractivity contribution in [2.24, 2.45) is 5.73 Å². The molecule has 0 heterocycles. The summed E-state index contributed by atoms with van der Waals surface area (Å²) in [7, 11) is -4.06. The Hall–Kier alpha value is -0.910. The summed E-state index contributed by atoms with van der Waals surface area (Å²) in [5.74, 6) is -1.08. The first kappa shape index (κ1) is 17.1. The first-order valence-corrected chi connectivity index (χ1v) is 6.68. The highest BCUT2D eigenvalue weighted by molar-refractivity contribution is 7.50. The summed E-state index contributed by atoms with van der Waals surface area (Å²) in [6, 6.07) is 5.38. The molecule has 1 unspecified atom stereocenters. The van der Waals surface area contributed by atoms with Crippen molar-refractivity contribution in [3.05, 3.63) is 35.4 Å². The molecule has 0 bridgehead atoms. The molecule has 0 spiro atoms. The van der Waals surface area contributed by atoms with Crippen LogP contribution < -0.4 is 5.73 Å². The van der Waals surface area contributed by atoms with E-state index in [1.807, 2.05) is 0 Å². The molecule has 0 saturated carbocycles. The number of aliphatic carboxylic acids is 1. The van der Waals surface area contributed by atoms with E-state index in [0.29, 0.717) is 5.56 Å². The van der Waals surface area contributed by atoms with Crippen LogP contribution in [0.3, 0.4) is 0 Å². The van der Waals surface area contributed by atoms with E-state index in [1.165, 1.54) is 0 Å². The summed E-state index contributed by atoms with van der Waals surface area (Å²) in [6.45, 7) is 0. The molecule has 0 aliphatic rings. The molecule has 0 radical (unpaired) electrons. The van der Waals surface area contributed by atoms with Crippen LogP contribution in [0.4, 0.5) is 0 Å². The molecule has 1 rings (SSSR count). The van der Waals surface area contributed by atoms with Gasteiger partial charge in [0.2, 0.25) is 0 Å². The van der Waals surface area contributed by atoms with Gasteiger partial charge < -0.3 is 20.6 Å². The third-order valence-electron chi connectivity index (χ3n) is 2.18. The summed E-state index contributed by atoms with van der Waals surface area (Å²) < 4.78 is 10.7. The summed E-state index contributed by atoms with van der Waals surface area (Å²) in [5, 5.41) is 8.62. The summed E-state index contributed by atoms with van der Waals surface area (Å²) in [6.07, 6.45) is -0.135. The number of carboxylic acids is 1. The molecule has 102 valence electrons. The minimum Gasteiger partial charge on any atom is -0.480 e. The molecule has 1 aromatic rings. The highest BCUT2D eigenvalue weighted by atomic mass is 35.5. The Morgan fingerprint density at radius 3 is 2.06 bits per heavy atom. The maximum Gasteiger partial charge on any atom is 0.329 e. The molecule has 5 N–H and O–H groups in total. The number of carboxylic acid groups (broad SMARTS) is 1. The van der Waals surface area contributed by atoms with Crippen molar-refractivity contribution >= 4 is 26.0 Å². The van der Waals surface area contributed by atoms with E-state index in [0.717, 1.165) is 5.56 Å². The zero-order valence-corrected chi connectivity index (χ0v) is 11.1. The van der Waals surface area contributed by atoms with Crippen molar-refractivity contribution in [1.82, 2.24) is 0 Å². The first-order valence-electron chi connectivity index (χ1n) is 4.89. The third-order valence-corrected chi connectivity index (χ3v) is 2.96. The molecule has 1 atom stereocenters. The second-order valence-electron chi connectivity index (χ2n) is 3.79. The molecule has 6 nitrogen and oxygen atoms in total. The van der Waals surface area contributed by atoms with Crippen LogP contribution in [0.25, 0.3) is 0 Å². The van der Waals surface area contributed by atoms with Crippen LogP contribution in [0, 0.1) is 0 Å². The van der Waals surface area contributed by atoms with Gasteiger partial charge in [0.05, 0.1) is 6.16 Å². The predicted octanol–water partition coefficient (Wildman–Crippen LogP) is 0.741. The number of benzene rings is 1. The number of carbonyl (C=O) groups is 1. The van der Waals surface area contributed by atoms with Gasteiger partial charge >= 0.3 is 13.6 Å². The molecule has 18 heavy (non-hydrogen) atoms. The smallest absolute Gasteiger partial charge is 0.329 e. The number of nitrogens with two attached hydrogens (primary N) is 1. The largest absolute Gasteiger partial charge is 0.480 e.